The molecule has 2 nitrogen and oxygen atoms in total. The van der Waals surface area contributed by atoms with E-state index in [9.17, 15) is 0 Å². The Hall–Kier alpha value is -0.570. The highest BCUT2D eigenvalue weighted by atomic mass is 79.9. The molecular formula is C13H21BrN2. The van der Waals surface area contributed by atoms with Crippen LogP contribution in [-0.4, -0.2) is 11.0 Å². The fourth-order valence-electron chi connectivity index (χ4n) is 1.81. The van der Waals surface area contributed by atoms with Gasteiger partial charge in [0.2, 0.25) is 0 Å². The van der Waals surface area contributed by atoms with E-state index in [0.29, 0.717) is 6.04 Å². The van der Waals surface area contributed by atoms with E-state index in [0.717, 1.165) is 10.2 Å². The number of rotatable bonds is 7. The Bertz CT molecular complexity index is 302. The van der Waals surface area contributed by atoms with Crippen molar-refractivity contribution < 1.29 is 0 Å². The third kappa shape index (κ3) is 4.97. The minimum absolute atomic E-state index is 0.584. The first-order chi connectivity index (χ1) is 7.76. The summed E-state index contributed by atoms with van der Waals surface area (Å²) in [6.07, 6.45) is 9.95. The molecule has 0 radical (unpaired) electrons. The molecule has 1 aromatic rings. The predicted molar refractivity (Wildman–Crippen MR) is 73.8 cm³/mol. The quantitative estimate of drug-likeness (QED) is 0.791. The van der Waals surface area contributed by atoms with Gasteiger partial charge in [0.15, 0.2) is 0 Å². The number of aromatic nitrogens is 1. The Kier molecular flexibility index (Phi) is 6.46. The third-order valence-electron chi connectivity index (χ3n) is 2.62. The topological polar surface area (TPSA) is 24.9 Å². The van der Waals surface area contributed by atoms with Crippen LogP contribution in [0, 0.1) is 0 Å². The maximum absolute atomic E-state index is 4.17. The molecule has 0 aliphatic rings. The average Bonchev–Trinajstić information content (AvgIpc) is 2.26. The molecule has 1 rings (SSSR count). The van der Waals surface area contributed by atoms with Gasteiger partial charge in [-0.25, -0.2) is 0 Å². The van der Waals surface area contributed by atoms with E-state index < -0.39 is 0 Å². The minimum Gasteiger partial charge on any atom is -0.381 e. The van der Waals surface area contributed by atoms with E-state index in [-0.39, 0.29) is 0 Å². The van der Waals surface area contributed by atoms with Crippen molar-refractivity contribution in [3.05, 3.63) is 22.9 Å². The van der Waals surface area contributed by atoms with E-state index in [4.69, 9.17) is 0 Å². The third-order valence-corrected chi connectivity index (χ3v) is 3.05. The second-order valence-corrected chi connectivity index (χ2v) is 5.08. The summed E-state index contributed by atoms with van der Waals surface area (Å²) in [6, 6.07) is 2.67. The first-order valence-corrected chi connectivity index (χ1v) is 6.92. The number of nitrogens with one attached hydrogen (secondary N) is 1. The Morgan fingerprint density at radius 3 is 2.69 bits per heavy atom. The second kappa shape index (κ2) is 7.66. The van der Waals surface area contributed by atoms with Gasteiger partial charge in [0.25, 0.3) is 0 Å². The van der Waals surface area contributed by atoms with Gasteiger partial charge in [0, 0.05) is 16.7 Å². The molecule has 0 fully saturated rings. The number of anilines is 1. The molecule has 0 spiro atoms. The van der Waals surface area contributed by atoms with Crippen molar-refractivity contribution in [2.24, 2.45) is 0 Å². The van der Waals surface area contributed by atoms with Crippen molar-refractivity contribution >= 4 is 21.6 Å². The van der Waals surface area contributed by atoms with Gasteiger partial charge in [-0.3, -0.25) is 4.98 Å². The highest BCUT2D eigenvalue weighted by Gasteiger charge is 2.07. The van der Waals surface area contributed by atoms with E-state index in [1.807, 2.05) is 12.4 Å². The molecule has 16 heavy (non-hydrogen) atoms. The van der Waals surface area contributed by atoms with Crippen molar-refractivity contribution in [1.29, 1.82) is 0 Å². The number of hydrogen-bond acceptors (Lipinski definition) is 2. The van der Waals surface area contributed by atoms with Crippen LogP contribution < -0.4 is 5.32 Å². The predicted octanol–water partition coefficient (Wildman–Crippen LogP) is 4.61. The number of hydrogen-bond donors (Lipinski definition) is 1. The number of pyridine rings is 1. The number of unbranched alkanes of at least 4 members (excludes halogenated alkanes) is 1. The monoisotopic (exact) mass is 284 g/mol. The van der Waals surface area contributed by atoms with Gasteiger partial charge in [0.05, 0.1) is 11.9 Å². The molecule has 1 atom stereocenters. The Morgan fingerprint density at radius 2 is 2.06 bits per heavy atom. The van der Waals surface area contributed by atoms with Crippen LogP contribution in [-0.2, 0) is 0 Å². The molecule has 1 unspecified atom stereocenters. The molecule has 1 N–H and O–H groups in total. The zero-order valence-electron chi connectivity index (χ0n) is 10.2. The van der Waals surface area contributed by atoms with Crippen LogP contribution in [0.3, 0.4) is 0 Å². The highest BCUT2D eigenvalue weighted by molar-refractivity contribution is 9.10. The molecule has 0 saturated heterocycles. The SMILES string of the molecule is CCCCC(CCC)Nc1cncc(Br)c1. The van der Waals surface area contributed by atoms with Gasteiger partial charge in [-0.05, 0) is 34.8 Å². The van der Waals surface area contributed by atoms with Crippen molar-refractivity contribution in [3.8, 4) is 0 Å². The first-order valence-electron chi connectivity index (χ1n) is 6.13. The van der Waals surface area contributed by atoms with Gasteiger partial charge in [0.1, 0.15) is 0 Å². The van der Waals surface area contributed by atoms with E-state index >= 15 is 0 Å². The van der Waals surface area contributed by atoms with Gasteiger partial charge in [-0.1, -0.05) is 33.1 Å². The Labute approximate surface area is 107 Å². The van der Waals surface area contributed by atoms with Crippen molar-refractivity contribution in [1.82, 2.24) is 4.98 Å². The van der Waals surface area contributed by atoms with Crippen LogP contribution in [0.4, 0.5) is 5.69 Å². The van der Waals surface area contributed by atoms with Crippen LogP contribution >= 0.6 is 15.9 Å². The molecule has 1 heterocycles. The summed E-state index contributed by atoms with van der Waals surface area (Å²) in [5, 5.41) is 3.56. The van der Waals surface area contributed by atoms with Crippen LogP contribution in [0.1, 0.15) is 46.0 Å². The molecule has 0 aliphatic carbocycles. The summed E-state index contributed by atoms with van der Waals surface area (Å²) < 4.78 is 1.03. The highest BCUT2D eigenvalue weighted by Crippen LogP contribution is 2.17. The molecule has 0 aromatic carbocycles. The Balaban J connectivity index is 2.52. The second-order valence-electron chi connectivity index (χ2n) is 4.16. The lowest BCUT2D eigenvalue weighted by atomic mass is 10.1. The Morgan fingerprint density at radius 1 is 1.25 bits per heavy atom. The van der Waals surface area contributed by atoms with Crippen LogP contribution in [0.25, 0.3) is 0 Å². The largest absolute Gasteiger partial charge is 0.381 e. The van der Waals surface area contributed by atoms with Crippen molar-refractivity contribution in [2.75, 3.05) is 5.32 Å². The molecular weight excluding hydrogens is 264 g/mol. The summed E-state index contributed by atoms with van der Waals surface area (Å²) in [5.41, 5.74) is 1.11. The standard InChI is InChI=1S/C13H21BrN2/c1-3-5-7-12(6-4-2)16-13-8-11(14)9-15-10-13/h8-10,12,16H,3-7H2,1-2H3. The summed E-state index contributed by atoms with van der Waals surface area (Å²) in [6.45, 7) is 4.48. The normalized spacial score (nSPS) is 12.4. The minimum atomic E-state index is 0.584. The fourth-order valence-corrected chi connectivity index (χ4v) is 2.18. The van der Waals surface area contributed by atoms with Crippen molar-refractivity contribution in [2.45, 2.75) is 52.0 Å². The van der Waals surface area contributed by atoms with Gasteiger partial charge in [-0.2, -0.15) is 0 Å². The summed E-state index contributed by atoms with van der Waals surface area (Å²) in [5.74, 6) is 0. The number of halogens is 1. The lowest BCUT2D eigenvalue weighted by Crippen LogP contribution is -2.19. The maximum atomic E-state index is 4.17. The molecule has 3 heteroatoms. The fraction of sp³-hybridized carbons (Fsp3) is 0.615. The summed E-state index contributed by atoms with van der Waals surface area (Å²) in [7, 11) is 0. The van der Waals surface area contributed by atoms with Crippen LogP contribution in [0.5, 0.6) is 0 Å². The summed E-state index contributed by atoms with van der Waals surface area (Å²) in [4.78, 5) is 4.17. The maximum Gasteiger partial charge on any atom is 0.0540 e. The molecule has 90 valence electrons. The zero-order chi connectivity index (χ0) is 11.8. The smallest absolute Gasteiger partial charge is 0.0540 e. The van der Waals surface area contributed by atoms with E-state index in [2.05, 4.69) is 46.1 Å². The molecule has 0 saturated carbocycles. The molecule has 0 aliphatic heterocycles. The summed E-state index contributed by atoms with van der Waals surface area (Å²) >= 11 is 3.44. The zero-order valence-corrected chi connectivity index (χ0v) is 11.8. The van der Waals surface area contributed by atoms with Crippen LogP contribution in [0.15, 0.2) is 22.9 Å². The lowest BCUT2D eigenvalue weighted by molar-refractivity contribution is 0.564. The lowest BCUT2D eigenvalue weighted by Gasteiger charge is -2.19. The molecule has 1 aromatic heterocycles. The molecule has 0 amide bonds. The van der Waals surface area contributed by atoms with Gasteiger partial charge < -0.3 is 5.32 Å². The average molecular weight is 285 g/mol. The number of nitrogens with zero attached hydrogens (tertiary/aromatic N) is 1. The molecule has 0 bridgehead atoms. The van der Waals surface area contributed by atoms with Gasteiger partial charge in [-0.15, -0.1) is 0 Å². The van der Waals surface area contributed by atoms with E-state index in [1.54, 1.807) is 0 Å². The van der Waals surface area contributed by atoms with Crippen molar-refractivity contribution in [3.63, 3.8) is 0 Å². The van der Waals surface area contributed by atoms with Crippen LogP contribution in [0.2, 0.25) is 0 Å². The first kappa shape index (κ1) is 13.5. The van der Waals surface area contributed by atoms with Gasteiger partial charge >= 0.3 is 0 Å². The van der Waals surface area contributed by atoms with E-state index in [1.165, 1.54) is 32.1 Å².